The maximum absolute atomic E-state index is 5.79. The van der Waals surface area contributed by atoms with E-state index in [1.54, 1.807) is 6.08 Å². The normalized spacial score (nSPS) is 12.5. The van der Waals surface area contributed by atoms with Gasteiger partial charge in [0.15, 0.2) is 0 Å². The second-order valence-electron chi connectivity index (χ2n) is 2.76. The van der Waals surface area contributed by atoms with Crippen LogP contribution in [0.4, 0.5) is 0 Å². The quantitative estimate of drug-likeness (QED) is 0.587. The molecule has 0 aliphatic carbocycles. The zero-order valence-corrected chi connectivity index (χ0v) is 8.68. The summed E-state index contributed by atoms with van der Waals surface area (Å²) in [6.45, 7) is 5.81. The summed E-state index contributed by atoms with van der Waals surface area (Å²) in [5.41, 5.74) is 6.91. The first-order chi connectivity index (χ1) is 6.27. The van der Waals surface area contributed by atoms with E-state index in [9.17, 15) is 0 Å². The molecule has 0 unspecified atom stereocenters. The van der Waals surface area contributed by atoms with Gasteiger partial charge in [0.05, 0.1) is 0 Å². The van der Waals surface area contributed by atoms with Crippen molar-refractivity contribution in [1.82, 2.24) is 0 Å². The van der Waals surface area contributed by atoms with Crippen molar-refractivity contribution >= 4 is 11.8 Å². The molecule has 2 N–H and O–H groups in total. The highest BCUT2D eigenvalue weighted by atomic mass is 32.2. The van der Waals surface area contributed by atoms with Crippen LogP contribution in [0.25, 0.3) is 0 Å². The number of nitrogens with two attached hydrogens (primary N) is 1. The molecule has 70 valence electrons. The molecule has 0 saturated heterocycles. The van der Waals surface area contributed by atoms with Crippen LogP contribution in [0.5, 0.6) is 0 Å². The fourth-order valence-electron chi connectivity index (χ4n) is 1.09. The van der Waals surface area contributed by atoms with E-state index >= 15 is 0 Å². The number of rotatable bonds is 4. The zero-order valence-electron chi connectivity index (χ0n) is 7.86. The molecule has 13 heavy (non-hydrogen) atoms. The Morgan fingerprint density at radius 3 is 2.54 bits per heavy atom. The summed E-state index contributed by atoms with van der Waals surface area (Å²) in [7, 11) is 0. The van der Waals surface area contributed by atoms with E-state index in [2.05, 4.69) is 37.8 Å². The first-order valence-corrected chi connectivity index (χ1v) is 5.37. The fourth-order valence-corrected chi connectivity index (χ4v) is 1.75. The molecule has 0 aromatic heterocycles. The third-order valence-corrected chi connectivity index (χ3v) is 2.72. The van der Waals surface area contributed by atoms with Crippen LogP contribution in [-0.2, 0) is 0 Å². The van der Waals surface area contributed by atoms with Crippen molar-refractivity contribution in [2.75, 3.05) is 5.75 Å². The van der Waals surface area contributed by atoms with Crippen LogP contribution in [0.1, 0.15) is 18.5 Å². The van der Waals surface area contributed by atoms with Crippen LogP contribution in [-0.4, -0.2) is 5.75 Å². The minimum atomic E-state index is -0.0410. The standard InChI is InChI=1S/C11H15NS/c1-3-11(12)9-5-7-10(8-6-9)13-4-2/h3,5-8,11H,1,4,12H2,2H3/t11-/m1/s1. The molecule has 1 aromatic rings. The topological polar surface area (TPSA) is 26.0 Å². The Balaban J connectivity index is 2.74. The monoisotopic (exact) mass is 193 g/mol. The summed E-state index contributed by atoms with van der Waals surface area (Å²) >= 11 is 1.84. The van der Waals surface area contributed by atoms with Crippen LogP contribution >= 0.6 is 11.8 Å². The van der Waals surface area contributed by atoms with Crippen LogP contribution in [0.3, 0.4) is 0 Å². The van der Waals surface area contributed by atoms with Gasteiger partial charge in [0.2, 0.25) is 0 Å². The van der Waals surface area contributed by atoms with Gasteiger partial charge in [-0.25, -0.2) is 0 Å². The van der Waals surface area contributed by atoms with Crippen LogP contribution in [0.15, 0.2) is 41.8 Å². The summed E-state index contributed by atoms with van der Waals surface area (Å²) in [4.78, 5) is 1.29. The molecule has 0 saturated carbocycles. The minimum absolute atomic E-state index is 0.0410. The lowest BCUT2D eigenvalue weighted by molar-refractivity contribution is 0.912. The molecule has 0 fully saturated rings. The summed E-state index contributed by atoms with van der Waals surface area (Å²) in [6.07, 6.45) is 1.75. The van der Waals surface area contributed by atoms with E-state index in [0.29, 0.717) is 0 Å². The van der Waals surface area contributed by atoms with Gasteiger partial charge in [0.25, 0.3) is 0 Å². The van der Waals surface area contributed by atoms with E-state index in [4.69, 9.17) is 5.73 Å². The van der Waals surface area contributed by atoms with Gasteiger partial charge in [-0.1, -0.05) is 25.1 Å². The van der Waals surface area contributed by atoms with Gasteiger partial charge in [-0.3, -0.25) is 0 Å². The molecule has 0 heterocycles. The molecule has 1 atom stereocenters. The van der Waals surface area contributed by atoms with Crippen molar-refractivity contribution in [3.8, 4) is 0 Å². The molecule has 0 aliphatic rings. The van der Waals surface area contributed by atoms with Gasteiger partial charge in [0, 0.05) is 10.9 Å². The largest absolute Gasteiger partial charge is 0.321 e. The molecule has 0 radical (unpaired) electrons. The maximum atomic E-state index is 5.79. The molecule has 0 bridgehead atoms. The van der Waals surface area contributed by atoms with Gasteiger partial charge < -0.3 is 5.73 Å². The fraction of sp³-hybridized carbons (Fsp3) is 0.273. The summed E-state index contributed by atoms with van der Waals surface area (Å²) in [5.74, 6) is 1.10. The molecule has 2 heteroatoms. The van der Waals surface area contributed by atoms with Crippen molar-refractivity contribution in [3.05, 3.63) is 42.5 Å². The molecule has 0 amide bonds. The van der Waals surface area contributed by atoms with Crippen molar-refractivity contribution < 1.29 is 0 Å². The van der Waals surface area contributed by atoms with Crippen molar-refractivity contribution in [2.45, 2.75) is 17.9 Å². The predicted molar refractivity (Wildman–Crippen MR) is 60.0 cm³/mol. The SMILES string of the molecule is C=C[C@@H](N)c1ccc(SCC)cc1. The Morgan fingerprint density at radius 1 is 1.46 bits per heavy atom. The van der Waals surface area contributed by atoms with Crippen molar-refractivity contribution in [1.29, 1.82) is 0 Å². The smallest absolute Gasteiger partial charge is 0.0478 e. The average molecular weight is 193 g/mol. The lowest BCUT2D eigenvalue weighted by atomic mass is 10.1. The average Bonchev–Trinajstić information content (AvgIpc) is 2.18. The van der Waals surface area contributed by atoms with E-state index in [1.807, 2.05) is 11.8 Å². The first-order valence-electron chi connectivity index (χ1n) is 4.38. The van der Waals surface area contributed by atoms with Gasteiger partial charge in [-0.15, -0.1) is 18.3 Å². The highest BCUT2D eigenvalue weighted by Gasteiger charge is 1.99. The highest BCUT2D eigenvalue weighted by molar-refractivity contribution is 7.99. The van der Waals surface area contributed by atoms with E-state index in [-0.39, 0.29) is 6.04 Å². The Hall–Kier alpha value is -0.730. The molecular weight excluding hydrogens is 178 g/mol. The second kappa shape index (κ2) is 5.10. The Bertz CT molecular complexity index is 266. The molecular formula is C11H15NS. The van der Waals surface area contributed by atoms with Gasteiger partial charge in [0.1, 0.15) is 0 Å². The number of thioether (sulfide) groups is 1. The highest BCUT2D eigenvalue weighted by Crippen LogP contribution is 2.20. The van der Waals surface area contributed by atoms with Gasteiger partial charge >= 0.3 is 0 Å². The van der Waals surface area contributed by atoms with E-state index < -0.39 is 0 Å². The molecule has 1 rings (SSSR count). The third-order valence-electron chi connectivity index (χ3n) is 1.83. The van der Waals surface area contributed by atoms with Crippen LogP contribution in [0.2, 0.25) is 0 Å². The lowest BCUT2D eigenvalue weighted by Gasteiger charge is -2.06. The number of benzene rings is 1. The second-order valence-corrected chi connectivity index (χ2v) is 4.10. The summed E-state index contributed by atoms with van der Waals surface area (Å²) < 4.78 is 0. The van der Waals surface area contributed by atoms with Gasteiger partial charge in [-0.05, 0) is 23.4 Å². The van der Waals surface area contributed by atoms with E-state index in [0.717, 1.165) is 11.3 Å². The minimum Gasteiger partial charge on any atom is -0.321 e. The first kappa shape index (κ1) is 10.4. The van der Waals surface area contributed by atoms with Crippen LogP contribution in [0, 0.1) is 0 Å². The van der Waals surface area contributed by atoms with Crippen molar-refractivity contribution in [2.24, 2.45) is 5.73 Å². The molecule has 0 aliphatic heterocycles. The van der Waals surface area contributed by atoms with Crippen molar-refractivity contribution in [3.63, 3.8) is 0 Å². The summed E-state index contributed by atoms with van der Waals surface area (Å²) in [6, 6.07) is 8.29. The number of hydrogen-bond acceptors (Lipinski definition) is 2. The maximum Gasteiger partial charge on any atom is 0.0478 e. The number of hydrogen-bond donors (Lipinski definition) is 1. The Labute approximate surface area is 84.0 Å². The molecule has 0 spiro atoms. The van der Waals surface area contributed by atoms with Gasteiger partial charge in [-0.2, -0.15) is 0 Å². The Morgan fingerprint density at radius 2 is 2.08 bits per heavy atom. The van der Waals surface area contributed by atoms with Crippen LogP contribution < -0.4 is 5.73 Å². The Kier molecular flexibility index (Phi) is 4.06. The van der Waals surface area contributed by atoms with E-state index in [1.165, 1.54) is 4.90 Å². The zero-order chi connectivity index (χ0) is 9.68. The summed E-state index contributed by atoms with van der Waals surface area (Å²) in [5, 5.41) is 0. The third kappa shape index (κ3) is 2.90. The lowest BCUT2D eigenvalue weighted by Crippen LogP contribution is -2.05. The molecule has 1 aromatic carbocycles. The molecule has 1 nitrogen and oxygen atoms in total. The predicted octanol–water partition coefficient (Wildman–Crippen LogP) is 2.98.